The Balaban J connectivity index is 2.50. The van der Waals surface area contributed by atoms with Crippen molar-refractivity contribution in [2.75, 3.05) is 18.1 Å². The van der Waals surface area contributed by atoms with E-state index in [0.717, 1.165) is 18.1 Å². The molecule has 1 unspecified atom stereocenters. The normalized spacial score (nSPS) is 23.4. The highest BCUT2D eigenvalue weighted by Gasteiger charge is 2.25. The fraction of sp³-hybridized carbons (Fsp3) is 0.900. The number of amides is 2. The molecule has 0 bridgehead atoms. The summed E-state index contributed by atoms with van der Waals surface area (Å²) in [6, 6.07) is 0.432. The van der Waals surface area contributed by atoms with Gasteiger partial charge in [-0.05, 0) is 27.7 Å². The van der Waals surface area contributed by atoms with Gasteiger partial charge in [0.05, 0.1) is 0 Å². The molecule has 14 heavy (non-hydrogen) atoms. The Kier molecular flexibility index (Phi) is 3.70. The van der Waals surface area contributed by atoms with E-state index < -0.39 is 0 Å². The van der Waals surface area contributed by atoms with Crippen molar-refractivity contribution in [1.82, 2.24) is 10.2 Å². The van der Waals surface area contributed by atoms with Crippen LogP contribution in [0, 0.1) is 0 Å². The Morgan fingerprint density at radius 3 is 2.64 bits per heavy atom. The second-order valence-corrected chi connectivity index (χ2v) is 5.95. The number of urea groups is 1. The minimum atomic E-state index is -0.138. The summed E-state index contributed by atoms with van der Waals surface area (Å²) in [6.45, 7) is 9.00. The van der Waals surface area contributed by atoms with Crippen LogP contribution in [0.2, 0.25) is 0 Å². The molecule has 1 fully saturated rings. The van der Waals surface area contributed by atoms with Gasteiger partial charge in [-0.25, -0.2) is 4.79 Å². The predicted molar refractivity (Wildman–Crippen MR) is 61.8 cm³/mol. The van der Waals surface area contributed by atoms with E-state index in [1.54, 1.807) is 0 Å². The second-order valence-electron chi connectivity index (χ2n) is 4.80. The Hall–Kier alpha value is -0.380. The van der Waals surface area contributed by atoms with Gasteiger partial charge in [0, 0.05) is 29.6 Å². The van der Waals surface area contributed by atoms with Crippen LogP contribution in [0.25, 0.3) is 0 Å². The molecule has 0 radical (unpaired) electrons. The van der Waals surface area contributed by atoms with Crippen LogP contribution in [0.1, 0.15) is 27.7 Å². The highest BCUT2D eigenvalue weighted by Crippen LogP contribution is 2.16. The molecule has 2 amide bonds. The molecule has 1 atom stereocenters. The molecule has 1 heterocycles. The summed E-state index contributed by atoms with van der Waals surface area (Å²) in [6.07, 6.45) is 0. The third kappa shape index (κ3) is 3.40. The molecule has 1 N–H and O–H groups in total. The van der Waals surface area contributed by atoms with Gasteiger partial charge >= 0.3 is 6.03 Å². The molecule has 0 spiro atoms. The summed E-state index contributed by atoms with van der Waals surface area (Å²) >= 11 is 1.92. The number of nitrogens with one attached hydrogen (secondary N) is 1. The lowest BCUT2D eigenvalue weighted by atomic mass is 10.1. The predicted octanol–water partition coefficient (Wildman–Crippen LogP) is 1.93. The van der Waals surface area contributed by atoms with E-state index in [9.17, 15) is 4.79 Å². The van der Waals surface area contributed by atoms with Crippen molar-refractivity contribution in [2.45, 2.75) is 39.3 Å². The third-order valence-corrected chi connectivity index (χ3v) is 3.30. The van der Waals surface area contributed by atoms with Gasteiger partial charge in [-0.2, -0.15) is 11.8 Å². The number of carbonyl (C=O) groups excluding carboxylic acids is 1. The molecule has 1 aliphatic rings. The summed E-state index contributed by atoms with van der Waals surface area (Å²) in [5, 5.41) is 3.00. The number of hydrogen-bond acceptors (Lipinski definition) is 2. The van der Waals surface area contributed by atoms with Gasteiger partial charge in [0.1, 0.15) is 0 Å². The molecule has 4 heteroatoms. The van der Waals surface area contributed by atoms with Crippen molar-refractivity contribution in [3.63, 3.8) is 0 Å². The number of carbonyl (C=O) groups is 1. The van der Waals surface area contributed by atoms with Gasteiger partial charge in [-0.15, -0.1) is 0 Å². The molecule has 1 saturated heterocycles. The van der Waals surface area contributed by atoms with E-state index in [0.29, 0.717) is 6.04 Å². The Bertz CT molecular complexity index is 213. The average Bonchev–Trinajstić information content (AvgIpc) is 2.01. The van der Waals surface area contributed by atoms with Crippen LogP contribution < -0.4 is 5.32 Å². The van der Waals surface area contributed by atoms with Crippen LogP contribution in [0.15, 0.2) is 0 Å². The number of rotatable bonds is 0. The number of nitrogens with zero attached hydrogens (tertiary/aromatic N) is 1. The van der Waals surface area contributed by atoms with Crippen molar-refractivity contribution in [3.8, 4) is 0 Å². The van der Waals surface area contributed by atoms with E-state index in [1.807, 2.05) is 37.4 Å². The lowest BCUT2D eigenvalue weighted by Crippen LogP contribution is -2.53. The van der Waals surface area contributed by atoms with Crippen molar-refractivity contribution in [1.29, 1.82) is 0 Å². The van der Waals surface area contributed by atoms with Gasteiger partial charge in [-0.3, -0.25) is 0 Å². The summed E-state index contributed by atoms with van der Waals surface area (Å²) in [7, 11) is 0. The maximum absolute atomic E-state index is 11.8. The quantitative estimate of drug-likeness (QED) is 0.671. The first-order valence-corrected chi connectivity index (χ1v) is 6.22. The molecule has 1 aliphatic heterocycles. The minimum absolute atomic E-state index is 0.0744. The van der Waals surface area contributed by atoms with E-state index in [1.165, 1.54) is 0 Å². The van der Waals surface area contributed by atoms with Gasteiger partial charge < -0.3 is 10.2 Å². The zero-order chi connectivity index (χ0) is 10.8. The number of thioether (sulfide) groups is 1. The SMILES string of the molecule is CC1CSCCN1C(=O)NC(C)(C)C. The van der Waals surface area contributed by atoms with E-state index in [2.05, 4.69) is 12.2 Å². The Morgan fingerprint density at radius 1 is 1.50 bits per heavy atom. The van der Waals surface area contributed by atoms with Gasteiger partial charge in [0.15, 0.2) is 0 Å². The van der Waals surface area contributed by atoms with Gasteiger partial charge in [0.25, 0.3) is 0 Å². The van der Waals surface area contributed by atoms with Crippen molar-refractivity contribution < 1.29 is 4.79 Å². The molecular formula is C10H20N2OS. The standard InChI is InChI=1S/C10H20N2OS/c1-8-7-14-6-5-12(8)9(13)11-10(2,3)4/h8H,5-7H2,1-4H3,(H,11,13). The van der Waals surface area contributed by atoms with Crippen LogP contribution in [-0.2, 0) is 0 Å². The highest BCUT2D eigenvalue weighted by atomic mass is 32.2. The van der Waals surface area contributed by atoms with Crippen LogP contribution in [-0.4, -0.2) is 40.6 Å². The van der Waals surface area contributed by atoms with Crippen molar-refractivity contribution in [3.05, 3.63) is 0 Å². The van der Waals surface area contributed by atoms with Crippen LogP contribution in [0.4, 0.5) is 4.79 Å². The molecule has 0 aromatic carbocycles. The molecule has 0 aliphatic carbocycles. The maximum atomic E-state index is 11.8. The first-order valence-electron chi connectivity index (χ1n) is 5.07. The zero-order valence-electron chi connectivity index (χ0n) is 9.46. The molecule has 3 nitrogen and oxygen atoms in total. The first-order chi connectivity index (χ1) is 6.40. The third-order valence-electron chi connectivity index (χ3n) is 2.11. The Labute approximate surface area is 90.6 Å². The van der Waals surface area contributed by atoms with Crippen LogP contribution in [0.5, 0.6) is 0 Å². The summed E-state index contributed by atoms with van der Waals surface area (Å²) < 4.78 is 0. The average molecular weight is 216 g/mol. The molecule has 0 aromatic heterocycles. The lowest BCUT2D eigenvalue weighted by Gasteiger charge is -2.35. The van der Waals surface area contributed by atoms with E-state index in [-0.39, 0.29) is 11.6 Å². The highest BCUT2D eigenvalue weighted by molar-refractivity contribution is 7.99. The molecular weight excluding hydrogens is 196 g/mol. The summed E-state index contributed by atoms with van der Waals surface area (Å²) in [5.41, 5.74) is -0.138. The molecule has 0 aromatic rings. The largest absolute Gasteiger partial charge is 0.333 e. The van der Waals surface area contributed by atoms with Crippen LogP contribution >= 0.6 is 11.8 Å². The lowest BCUT2D eigenvalue weighted by molar-refractivity contribution is 0.177. The zero-order valence-corrected chi connectivity index (χ0v) is 10.3. The molecule has 1 rings (SSSR count). The molecule has 82 valence electrons. The van der Waals surface area contributed by atoms with Gasteiger partial charge in [0.2, 0.25) is 0 Å². The van der Waals surface area contributed by atoms with E-state index >= 15 is 0 Å². The van der Waals surface area contributed by atoms with Crippen LogP contribution in [0.3, 0.4) is 0 Å². The maximum Gasteiger partial charge on any atom is 0.318 e. The second kappa shape index (κ2) is 4.43. The summed E-state index contributed by atoms with van der Waals surface area (Å²) in [5.74, 6) is 2.11. The topological polar surface area (TPSA) is 32.3 Å². The number of hydrogen-bond donors (Lipinski definition) is 1. The molecule has 0 saturated carbocycles. The first kappa shape index (κ1) is 11.7. The monoisotopic (exact) mass is 216 g/mol. The van der Waals surface area contributed by atoms with Crippen molar-refractivity contribution in [2.24, 2.45) is 0 Å². The fourth-order valence-electron chi connectivity index (χ4n) is 1.42. The minimum Gasteiger partial charge on any atom is -0.333 e. The van der Waals surface area contributed by atoms with E-state index in [4.69, 9.17) is 0 Å². The van der Waals surface area contributed by atoms with Crippen molar-refractivity contribution >= 4 is 17.8 Å². The summed E-state index contributed by atoms with van der Waals surface area (Å²) in [4.78, 5) is 13.8. The van der Waals surface area contributed by atoms with Gasteiger partial charge in [-0.1, -0.05) is 0 Å². The Morgan fingerprint density at radius 2 is 2.14 bits per heavy atom. The fourth-order valence-corrected chi connectivity index (χ4v) is 2.43. The smallest absolute Gasteiger partial charge is 0.318 e.